The first kappa shape index (κ1) is 15.9. The summed E-state index contributed by atoms with van der Waals surface area (Å²) in [6, 6.07) is 0.321. The number of fused-ring (bicyclic) bond motifs is 1. The van der Waals surface area contributed by atoms with Gasteiger partial charge in [-0.05, 0) is 32.6 Å². The van der Waals surface area contributed by atoms with Crippen LogP contribution < -0.4 is 10.2 Å². The Hall–Kier alpha value is -1.63. The molecule has 0 radical (unpaired) electrons. The highest BCUT2D eigenvalue weighted by molar-refractivity contribution is 7.20. The molecule has 0 spiro atoms. The predicted molar refractivity (Wildman–Crippen MR) is 95.6 cm³/mol. The monoisotopic (exact) mass is 347 g/mol. The number of hydrogen-bond acceptors (Lipinski definition) is 5. The van der Waals surface area contributed by atoms with Crippen LogP contribution in [0.3, 0.4) is 0 Å². The lowest BCUT2D eigenvalue weighted by Gasteiger charge is -2.33. The van der Waals surface area contributed by atoms with Crippen LogP contribution in [-0.2, 0) is 4.79 Å². The van der Waals surface area contributed by atoms with Gasteiger partial charge in [-0.1, -0.05) is 30.6 Å². The fraction of sp³-hybridized carbons (Fsp3) is 0.706. The molecule has 1 amide bonds. The SMILES string of the molecule is Cc1cn2nc(N3CCC(NC(=O)C4CCCCC4)CC3)sc2n1. The lowest BCUT2D eigenvalue weighted by molar-refractivity contribution is -0.126. The molecule has 130 valence electrons. The maximum atomic E-state index is 12.4. The average molecular weight is 347 g/mol. The molecule has 1 N–H and O–H groups in total. The third kappa shape index (κ3) is 3.27. The maximum absolute atomic E-state index is 12.4. The van der Waals surface area contributed by atoms with E-state index < -0.39 is 0 Å². The molecule has 6 nitrogen and oxygen atoms in total. The van der Waals surface area contributed by atoms with E-state index in [0.29, 0.717) is 6.04 Å². The first-order chi connectivity index (χ1) is 11.7. The number of anilines is 1. The Labute approximate surface area is 146 Å². The van der Waals surface area contributed by atoms with Crippen LogP contribution in [0.25, 0.3) is 4.96 Å². The summed E-state index contributed by atoms with van der Waals surface area (Å²) in [7, 11) is 0. The number of carbonyl (C=O) groups excluding carboxylic acids is 1. The van der Waals surface area contributed by atoms with Crippen molar-refractivity contribution in [1.29, 1.82) is 0 Å². The highest BCUT2D eigenvalue weighted by atomic mass is 32.1. The van der Waals surface area contributed by atoms with E-state index in [-0.39, 0.29) is 11.8 Å². The molecule has 2 aromatic rings. The van der Waals surface area contributed by atoms with Crippen LogP contribution >= 0.6 is 11.3 Å². The highest BCUT2D eigenvalue weighted by Crippen LogP contribution is 2.27. The Morgan fingerprint density at radius 1 is 1.21 bits per heavy atom. The first-order valence-corrected chi connectivity index (χ1v) is 9.89. The van der Waals surface area contributed by atoms with Crippen molar-refractivity contribution in [2.24, 2.45) is 5.92 Å². The Bertz CT molecular complexity index is 678. The number of nitrogens with zero attached hydrogens (tertiary/aromatic N) is 4. The van der Waals surface area contributed by atoms with E-state index in [9.17, 15) is 4.79 Å². The summed E-state index contributed by atoms with van der Waals surface area (Å²) in [5, 5.41) is 8.95. The second-order valence-corrected chi connectivity index (χ2v) is 8.03. The molecule has 0 bridgehead atoms. The number of imidazole rings is 1. The van der Waals surface area contributed by atoms with Gasteiger partial charge in [-0.25, -0.2) is 9.50 Å². The molecule has 0 aromatic carbocycles. The number of carbonyl (C=O) groups is 1. The lowest BCUT2D eigenvalue weighted by atomic mass is 9.88. The zero-order chi connectivity index (χ0) is 16.5. The fourth-order valence-electron chi connectivity index (χ4n) is 3.83. The van der Waals surface area contributed by atoms with E-state index in [0.717, 1.165) is 54.6 Å². The third-order valence-corrected chi connectivity index (χ3v) is 6.22. The van der Waals surface area contributed by atoms with Crippen molar-refractivity contribution in [2.45, 2.75) is 57.9 Å². The van der Waals surface area contributed by atoms with Crippen molar-refractivity contribution < 1.29 is 4.79 Å². The molecule has 0 unspecified atom stereocenters. The van der Waals surface area contributed by atoms with Gasteiger partial charge in [0.1, 0.15) is 0 Å². The predicted octanol–water partition coefficient (Wildman–Crippen LogP) is 2.76. The van der Waals surface area contributed by atoms with Gasteiger partial charge in [0.05, 0.1) is 11.9 Å². The maximum Gasteiger partial charge on any atom is 0.223 e. The van der Waals surface area contributed by atoms with Crippen LogP contribution in [0.1, 0.15) is 50.6 Å². The van der Waals surface area contributed by atoms with Crippen molar-refractivity contribution in [3.8, 4) is 0 Å². The molecular formula is C17H25N5OS. The van der Waals surface area contributed by atoms with Gasteiger partial charge >= 0.3 is 0 Å². The molecule has 1 aliphatic heterocycles. The van der Waals surface area contributed by atoms with Crippen LogP contribution in [0.5, 0.6) is 0 Å². The quantitative estimate of drug-likeness (QED) is 0.927. The van der Waals surface area contributed by atoms with Gasteiger partial charge in [0.25, 0.3) is 0 Å². The van der Waals surface area contributed by atoms with E-state index in [1.807, 2.05) is 17.6 Å². The van der Waals surface area contributed by atoms with E-state index in [1.54, 1.807) is 11.3 Å². The second kappa shape index (κ2) is 6.70. The smallest absolute Gasteiger partial charge is 0.223 e. The van der Waals surface area contributed by atoms with Crippen LogP contribution in [0.15, 0.2) is 6.20 Å². The van der Waals surface area contributed by atoms with E-state index in [1.165, 1.54) is 19.3 Å². The van der Waals surface area contributed by atoms with E-state index >= 15 is 0 Å². The van der Waals surface area contributed by atoms with Gasteiger partial charge in [0, 0.05) is 25.0 Å². The number of rotatable bonds is 3. The van der Waals surface area contributed by atoms with Gasteiger partial charge in [0.2, 0.25) is 16.0 Å². The standard InChI is InChI=1S/C17H25N5OS/c1-12-11-22-16(18-12)24-17(20-22)21-9-7-14(8-10-21)19-15(23)13-5-3-2-4-6-13/h11,13-14H,2-10H2,1H3,(H,19,23). The summed E-state index contributed by atoms with van der Waals surface area (Å²) in [5.41, 5.74) is 1.00. The highest BCUT2D eigenvalue weighted by Gasteiger charge is 2.26. The van der Waals surface area contributed by atoms with E-state index in [2.05, 4.69) is 20.3 Å². The minimum absolute atomic E-state index is 0.256. The molecular weight excluding hydrogens is 322 g/mol. The molecule has 2 fully saturated rings. The Morgan fingerprint density at radius 3 is 2.67 bits per heavy atom. The zero-order valence-electron chi connectivity index (χ0n) is 14.2. The van der Waals surface area contributed by atoms with Gasteiger partial charge in [-0.3, -0.25) is 4.79 Å². The number of aromatic nitrogens is 3. The Morgan fingerprint density at radius 2 is 1.96 bits per heavy atom. The second-order valence-electron chi connectivity index (χ2n) is 7.10. The van der Waals surface area contributed by atoms with E-state index in [4.69, 9.17) is 0 Å². The molecule has 1 saturated heterocycles. The summed E-state index contributed by atoms with van der Waals surface area (Å²) in [6.07, 6.45) is 9.82. The molecule has 7 heteroatoms. The number of piperidine rings is 1. The molecule has 3 heterocycles. The van der Waals surface area contributed by atoms with Gasteiger partial charge in [-0.2, -0.15) is 0 Å². The number of amides is 1. The van der Waals surface area contributed by atoms with Crippen molar-refractivity contribution in [1.82, 2.24) is 19.9 Å². The largest absolute Gasteiger partial charge is 0.353 e. The molecule has 1 saturated carbocycles. The Kier molecular flexibility index (Phi) is 4.43. The van der Waals surface area contributed by atoms with Crippen LogP contribution in [0, 0.1) is 12.8 Å². The van der Waals surface area contributed by atoms with Crippen molar-refractivity contribution in [3.05, 3.63) is 11.9 Å². The summed E-state index contributed by atoms with van der Waals surface area (Å²) in [4.78, 5) is 20.1. The molecule has 0 atom stereocenters. The van der Waals surface area contributed by atoms with Crippen molar-refractivity contribution in [2.75, 3.05) is 18.0 Å². The molecule has 4 rings (SSSR count). The summed E-state index contributed by atoms with van der Waals surface area (Å²) < 4.78 is 1.87. The molecule has 2 aliphatic rings. The topological polar surface area (TPSA) is 62.5 Å². The number of aryl methyl sites for hydroxylation is 1. The van der Waals surface area contributed by atoms with Crippen LogP contribution in [0.2, 0.25) is 0 Å². The first-order valence-electron chi connectivity index (χ1n) is 9.07. The van der Waals surface area contributed by atoms with Gasteiger partial charge < -0.3 is 10.2 Å². The van der Waals surface area contributed by atoms with Crippen LogP contribution in [-0.4, -0.2) is 39.6 Å². The van der Waals surface area contributed by atoms with Gasteiger partial charge in [-0.15, -0.1) is 5.10 Å². The number of nitrogens with one attached hydrogen (secondary N) is 1. The lowest BCUT2D eigenvalue weighted by Crippen LogP contribution is -2.46. The summed E-state index contributed by atoms with van der Waals surface area (Å²) in [5.74, 6) is 0.545. The summed E-state index contributed by atoms with van der Waals surface area (Å²) in [6.45, 7) is 3.89. The van der Waals surface area contributed by atoms with Crippen molar-refractivity contribution in [3.63, 3.8) is 0 Å². The number of hydrogen-bond donors (Lipinski definition) is 1. The van der Waals surface area contributed by atoms with Gasteiger partial charge in [0.15, 0.2) is 0 Å². The third-order valence-electron chi connectivity index (χ3n) is 5.24. The van der Waals surface area contributed by atoms with Crippen LogP contribution in [0.4, 0.5) is 5.13 Å². The minimum atomic E-state index is 0.256. The summed E-state index contributed by atoms with van der Waals surface area (Å²) >= 11 is 1.64. The molecule has 2 aromatic heterocycles. The molecule has 24 heavy (non-hydrogen) atoms. The normalized spacial score (nSPS) is 20.6. The average Bonchev–Trinajstić information content (AvgIpc) is 3.13. The zero-order valence-corrected chi connectivity index (χ0v) is 15.0. The minimum Gasteiger partial charge on any atom is -0.353 e. The fourth-order valence-corrected chi connectivity index (χ4v) is 4.81. The Balaban J connectivity index is 1.31. The van der Waals surface area contributed by atoms with Crippen molar-refractivity contribution >= 4 is 27.3 Å². The molecule has 1 aliphatic carbocycles.